The van der Waals surface area contributed by atoms with E-state index in [0.717, 1.165) is 13.0 Å². The minimum absolute atomic E-state index is 0.497. The van der Waals surface area contributed by atoms with Crippen LogP contribution in [0.4, 0.5) is 0 Å². The number of nitrogens with one attached hydrogen (secondary N) is 1. The summed E-state index contributed by atoms with van der Waals surface area (Å²) in [5, 5.41) is 7.49. The van der Waals surface area contributed by atoms with E-state index in [1.165, 1.54) is 11.3 Å². The second-order valence-corrected chi connectivity index (χ2v) is 4.32. The highest BCUT2D eigenvalue weighted by Crippen LogP contribution is 2.19. The number of hydrogen-bond acceptors (Lipinski definition) is 2. The molecule has 3 heteroatoms. The van der Waals surface area contributed by atoms with E-state index in [9.17, 15) is 0 Å². The number of nitrogens with zero attached hydrogens (tertiary/aromatic N) is 2. The third-order valence-electron chi connectivity index (χ3n) is 3.10. The van der Waals surface area contributed by atoms with Crippen LogP contribution in [0.25, 0.3) is 0 Å². The normalized spacial score (nSPS) is 12.6. The van der Waals surface area contributed by atoms with Gasteiger partial charge in [0.1, 0.15) is 0 Å². The molecule has 0 saturated carbocycles. The summed E-state index contributed by atoms with van der Waals surface area (Å²) in [5.41, 5.74) is 2.65. The fourth-order valence-electron chi connectivity index (χ4n) is 2.13. The average Bonchev–Trinajstić information content (AvgIpc) is 2.76. The lowest BCUT2D eigenvalue weighted by Crippen LogP contribution is -2.20. The summed E-state index contributed by atoms with van der Waals surface area (Å²) in [6, 6.07) is 12.7. The lowest BCUT2D eigenvalue weighted by Gasteiger charge is -2.17. The van der Waals surface area contributed by atoms with Gasteiger partial charge in [-0.1, -0.05) is 30.3 Å². The summed E-state index contributed by atoms with van der Waals surface area (Å²) in [4.78, 5) is 0. The van der Waals surface area contributed by atoms with Crippen LogP contribution in [-0.4, -0.2) is 23.4 Å². The molecule has 90 valence electrons. The molecule has 0 saturated heterocycles. The number of rotatable bonds is 5. The summed E-state index contributed by atoms with van der Waals surface area (Å²) < 4.78 is 1.95. The van der Waals surface area contributed by atoms with Gasteiger partial charge in [0, 0.05) is 31.4 Å². The Morgan fingerprint density at radius 3 is 2.59 bits per heavy atom. The highest BCUT2D eigenvalue weighted by atomic mass is 15.2. The standard InChI is InChI=1S/C14H19N3/c1-15-11-13(12-6-4-3-5-7-12)10-14-8-9-16-17(14)2/h3-9,13,15H,10-11H2,1-2H3. The maximum atomic E-state index is 4.22. The van der Waals surface area contributed by atoms with Gasteiger partial charge in [0.15, 0.2) is 0 Å². The van der Waals surface area contributed by atoms with Crippen LogP contribution in [0.1, 0.15) is 17.2 Å². The summed E-state index contributed by atoms with van der Waals surface area (Å²) in [6.45, 7) is 0.981. The lowest BCUT2D eigenvalue weighted by molar-refractivity contribution is 0.591. The van der Waals surface area contributed by atoms with Crippen molar-refractivity contribution < 1.29 is 0 Å². The fourth-order valence-corrected chi connectivity index (χ4v) is 2.13. The maximum absolute atomic E-state index is 4.22. The van der Waals surface area contributed by atoms with Crippen molar-refractivity contribution in [2.45, 2.75) is 12.3 Å². The monoisotopic (exact) mass is 229 g/mol. The van der Waals surface area contributed by atoms with Crippen LogP contribution in [0.3, 0.4) is 0 Å². The SMILES string of the molecule is CNCC(Cc1ccnn1C)c1ccccc1. The molecule has 1 N–H and O–H groups in total. The lowest BCUT2D eigenvalue weighted by atomic mass is 9.94. The van der Waals surface area contributed by atoms with Crippen LogP contribution < -0.4 is 5.32 Å². The van der Waals surface area contributed by atoms with E-state index in [-0.39, 0.29) is 0 Å². The van der Waals surface area contributed by atoms with Crippen molar-refractivity contribution >= 4 is 0 Å². The van der Waals surface area contributed by atoms with Crippen molar-refractivity contribution in [3.05, 3.63) is 53.9 Å². The largest absolute Gasteiger partial charge is 0.319 e. The Kier molecular flexibility index (Phi) is 3.94. The maximum Gasteiger partial charge on any atom is 0.0492 e. The average molecular weight is 229 g/mol. The van der Waals surface area contributed by atoms with Gasteiger partial charge in [-0.3, -0.25) is 4.68 Å². The minimum Gasteiger partial charge on any atom is -0.319 e. The van der Waals surface area contributed by atoms with E-state index in [1.807, 2.05) is 25.0 Å². The van der Waals surface area contributed by atoms with Crippen LogP contribution in [0.5, 0.6) is 0 Å². The molecule has 2 rings (SSSR count). The first-order valence-corrected chi connectivity index (χ1v) is 5.97. The predicted octanol–water partition coefficient (Wildman–Crippen LogP) is 1.97. The van der Waals surface area contributed by atoms with Gasteiger partial charge in [0.25, 0.3) is 0 Å². The Labute approximate surface area is 102 Å². The highest BCUT2D eigenvalue weighted by molar-refractivity contribution is 5.22. The number of aryl methyl sites for hydroxylation is 1. The van der Waals surface area contributed by atoms with Gasteiger partial charge >= 0.3 is 0 Å². The van der Waals surface area contributed by atoms with Crippen LogP contribution in [0.2, 0.25) is 0 Å². The molecule has 1 unspecified atom stereocenters. The molecular weight excluding hydrogens is 210 g/mol. The van der Waals surface area contributed by atoms with Crippen molar-refractivity contribution in [1.82, 2.24) is 15.1 Å². The van der Waals surface area contributed by atoms with Crippen molar-refractivity contribution in [2.24, 2.45) is 7.05 Å². The zero-order valence-electron chi connectivity index (χ0n) is 10.4. The molecule has 0 aliphatic carbocycles. The predicted molar refractivity (Wildman–Crippen MR) is 70.0 cm³/mol. The molecule has 1 atom stereocenters. The van der Waals surface area contributed by atoms with Gasteiger partial charge < -0.3 is 5.32 Å². The van der Waals surface area contributed by atoms with Crippen molar-refractivity contribution in [2.75, 3.05) is 13.6 Å². The molecule has 0 amide bonds. The second-order valence-electron chi connectivity index (χ2n) is 4.32. The minimum atomic E-state index is 0.497. The van der Waals surface area contributed by atoms with Crippen LogP contribution in [0, 0.1) is 0 Å². The fraction of sp³-hybridized carbons (Fsp3) is 0.357. The Balaban J connectivity index is 2.16. The molecule has 0 bridgehead atoms. The van der Waals surface area contributed by atoms with Gasteiger partial charge in [-0.15, -0.1) is 0 Å². The Bertz CT molecular complexity index is 448. The quantitative estimate of drug-likeness (QED) is 0.849. The third kappa shape index (κ3) is 2.94. The van der Waals surface area contributed by atoms with Gasteiger partial charge in [-0.2, -0.15) is 5.10 Å². The molecule has 2 aromatic rings. The van der Waals surface area contributed by atoms with E-state index in [2.05, 4.69) is 46.8 Å². The zero-order chi connectivity index (χ0) is 12.1. The first kappa shape index (κ1) is 11.9. The van der Waals surface area contributed by atoms with E-state index in [0.29, 0.717) is 5.92 Å². The highest BCUT2D eigenvalue weighted by Gasteiger charge is 2.12. The topological polar surface area (TPSA) is 29.9 Å². The smallest absolute Gasteiger partial charge is 0.0492 e. The van der Waals surface area contributed by atoms with Gasteiger partial charge in [-0.05, 0) is 25.1 Å². The molecule has 0 radical (unpaired) electrons. The number of benzene rings is 1. The summed E-state index contributed by atoms with van der Waals surface area (Å²) in [6.07, 6.45) is 2.87. The zero-order valence-corrected chi connectivity index (χ0v) is 10.4. The van der Waals surface area contributed by atoms with Crippen LogP contribution in [-0.2, 0) is 13.5 Å². The number of hydrogen-bond donors (Lipinski definition) is 1. The molecule has 1 aromatic heterocycles. The van der Waals surface area contributed by atoms with Crippen molar-refractivity contribution in [3.63, 3.8) is 0 Å². The Morgan fingerprint density at radius 1 is 1.24 bits per heavy atom. The summed E-state index contributed by atoms with van der Waals surface area (Å²) in [5.74, 6) is 0.497. The second kappa shape index (κ2) is 5.64. The number of aromatic nitrogens is 2. The van der Waals surface area contributed by atoms with Gasteiger partial charge in [-0.25, -0.2) is 0 Å². The summed E-state index contributed by atoms with van der Waals surface area (Å²) >= 11 is 0. The first-order valence-electron chi connectivity index (χ1n) is 5.97. The molecule has 3 nitrogen and oxygen atoms in total. The Hall–Kier alpha value is -1.61. The van der Waals surface area contributed by atoms with Crippen LogP contribution in [0.15, 0.2) is 42.6 Å². The third-order valence-corrected chi connectivity index (χ3v) is 3.10. The summed E-state index contributed by atoms with van der Waals surface area (Å²) in [7, 11) is 4.00. The van der Waals surface area contributed by atoms with E-state index >= 15 is 0 Å². The molecule has 1 aromatic carbocycles. The molecule has 0 aliphatic rings. The van der Waals surface area contributed by atoms with Crippen molar-refractivity contribution in [1.29, 1.82) is 0 Å². The molecule has 0 fully saturated rings. The van der Waals surface area contributed by atoms with Gasteiger partial charge in [0.2, 0.25) is 0 Å². The van der Waals surface area contributed by atoms with Crippen molar-refractivity contribution in [3.8, 4) is 0 Å². The molecule has 1 heterocycles. The molecular formula is C14H19N3. The number of likely N-dealkylation sites (N-methyl/N-ethyl adjacent to an activating group) is 1. The van der Waals surface area contributed by atoms with E-state index in [1.54, 1.807) is 0 Å². The Morgan fingerprint density at radius 2 is 2.00 bits per heavy atom. The molecule has 0 aliphatic heterocycles. The van der Waals surface area contributed by atoms with E-state index < -0.39 is 0 Å². The molecule has 0 spiro atoms. The molecule has 17 heavy (non-hydrogen) atoms. The van der Waals surface area contributed by atoms with E-state index in [4.69, 9.17) is 0 Å². The van der Waals surface area contributed by atoms with Crippen LogP contribution >= 0.6 is 0 Å². The van der Waals surface area contributed by atoms with Gasteiger partial charge in [0.05, 0.1) is 0 Å². The first-order chi connectivity index (χ1) is 8.31.